The molecule has 0 bridgehead atoms. The Balaban J connectivity index is 1.52. The summed E-state index contributed by atoms with van der Waals surface area (Å²) in [6.45, 7) is 12.9. The molecule has 1 amide bonds. The van der Waals surface area contributed by atoms with E-state index in [1.807, 2.05) is 6.07 Å². The number of carbonyl (C=O) groups excluding carboxylic acids is 1. The van der Waals surface area contributed by atoms with Gasteiger partial charge in [-0.05, 0) is 33.0 Å². The fourth-order valence-corrected chi connectivity index (χ4v) is 3.87. The predicted octanol–water partition coefficient (Wildman–Crippen LogP) is 1.61. The van der Waals surface area contributed by atoms with Crippen molar-refractivity contribution in [3.63, 3.8) is 0 Å². The standard InChI is InChI=1S/C20H32N4O/c1-20(2,17-22-11-9-21(3)10-12-22)19(25)24-15-13-23(14-16-24)18-7-5-4-6-8-18/h4-8H,9-17H2,1-3H3. The van der Waals surface area contributed by atoms with E-state index in [9.17, 15) is 4.79 Å². The molecule has 2 saturated heterocycles. The zero-order valence-corrected chi connectivity index (χ0v) is 15.9. The van der Waals surface area contributed by atoms with E-state index >= 15 is 0 Å². The Kier molecular flexibility index (Phi) is 5.64. The Bertz CT molecular complexity index is 558. The van der Waals surface area contributed by atoms with Crippen molar-refractivity contribution in [2.24, 2.45) is 5.41 Å². The SMILES string of the molecule is CN1CCN(CC(C)(C)C(=O)N2CCN(c3ccccc3)CC2)CC1. The lowest BCUT2D eigenvalue weighted by Gasteiger charge is -2.42. The maximum absolute atomic E-state index is 13.1. The van der Waals surface area contributed by atoms with Gasteiger partial charge in [0.05, 0.1) is 5.41 Å². The van der Waals surface area contributed by atoms with Gasteiger partial charge >= 0.3 is 0 Å². The first-order valence-electron chi connectivity index (χ1n) is 9.46. The number of carbonyl (C=O) groups is 1. The molecular weight excluding hydrogens is 312 g/mol. The van der Waals surface area contributed by atoms with E-state index in [-0.39, 0.29) is 5.41 Å². The van der Waals surface area contributed by atoms with Crippen molar-refractivity contribution < 1.29 is 4.79 Å². The van der Waals surface area contributed by atoms with Crippen molar-refractivity contribution in [2.45, 2.75) is 13.8 Å². The normalized spacial score (nSPS) is 20.8. The molecule has 2 heterocycles. The number of hydrogen-bond donors (Lipinski definition) is 0. The lowest BCUT2D eigenvalue weighted by molar-refractivity contribution is -0.142. The van der Waals surface area contributed by atoms with Gasteiger partial charge in [-0.15, -0.1) is 0 Å². The average Bonchev–Trinajstić information content (AvgIpc) is 2.64. The average molecular weight is 345 g/mol. The van der Waals surface area contributed by atoms with Gasteiger partial charge in [0.15, 0.2) is 0 Å². The third kappa shape index (κ3) is 4.53. The van der Waals surface area contributed by atoms with Crippen LogP contribution < -0.4 is 4.90 Å². The number of likely N-dealkylation sites (N-methyl/N-ethyl adjacent to an activating group) is 1. The molecule has 0 unspecified atom stereocenters. The van der Waals surface area contributed by atoms with Crippen LogP contribution >= 0.6 is 0 Å². The fourth-order valence-electron chi connectivity index (χ4n) is 3.87. The summed E-state index contributed by atoms with van der Waals surface area (Å²) in [7, 11) is 2.17. The molecule has 0 radical (unpaired) electrons. The summed E-state index contributed by atoms with van der Waals surface area (Å²) in [6, 6.07) is 10.5. The van der Waals surface area contributed by atoms with E-state index in [4.69, 9.17) is 0 Å². The van der Waals surface area contributed by atoms with Gasteiger partial charge in [0.2, 0.25) is 5.91 Å². The maximum atomic E-state index is 13.1. The van der Waals surface area contributed by atoms with Crippen molar-refractivity contribution in [2.75, 3.05) is 70.9 Å². The van der Waals surface area contributed by atoms with Crippen LogP contribution in [0.3, 0.4) is 0 Å². The summed E-state index contributed by atoms with van der Waals surface area (Å²) in [5, 5.41) is 0. The Morgan fingerprint density at radius 1 is 0.920 bits per heavy atom. The highest BCUT2D eigenvalue weighted by Crippen LogP contribution is 2.23. The van der Waals surface area contributed by atoms with Crippen LogP contribution in [0.4, 0.5) is 5.69 Å². The highest BCUT2D eigenvalue weighted by atomic mass is 16.2. The molecule has 0 saturated carbocycles. The number of benzene rings is 1. The topological polar surface area (TPSA) is 30.0 Å². The van der Waals surface area contributed by atoms with E-state index in [0.717, 1.165) is 58.9 Å². The molecule has 0 N–H and O–H groups in total. The smallest absolute Gasteiger partial charge is 0.229 e. The molecule has 0 spiro atoms. The molecule has 138 valence electrons. The van der Waals surface area contributed by atoms with E-state index in [1.165, 1.54) is 5.69 Å². The largest absolute Gasteiger partial charge is 0.368 e. The van der Waals surface area contributed by atoms with Crippen LogP contribution in [0.5, 0.6) is 0 Å². The van der Waals surface area contributed by atoms with Gasteiger partial charge in [-0.3, -0.25) is 9.69 Å². The lowest BCUT2D eigenvalue weighted by Crippen LogP contribution is -2.55. The molecule has 25 heavy (non-hydrogen) atoms. The first-order chi connectivity index (χ1) is 12.0. The van der Waals surface area contributed by atoms with Gasteiger partial charge < -0.3 is 14.7 Å². The molecule has 5 nitrogen and oxygen atoms in total. The number of hydrogen-bond acceptors (Lipinski definition) is 4. The van der Waals surface area contributed by atoms with Crippen LogP contribution in [0, 0.1) is 5.41 Å². The Morgan fingerprint density at radius 2 is 1.52 bits per heavy atom. The van der Waals surface area contributed by atoms with Gasteiger partial charge in [-0.2, -0.15) is 0 Å². The molecule has 0 atom stereocenters. The number of para-hydroxylation sites is 1. The molecule has 1 aromatic rings. The van der Waals surface area contributed by atoms with Crippen LogP contribution in [0.2, 0.25) is 0 Å². The van der Waals surface area contributed by atoms with Gasteiger partial charge in [-0.25, -0.2) is 0 Å². The van der Waals surface area contributed by atoms with Crippen LogP contribution in [-0.4, -0.2) is 86.6 Å². The van der Waals surface area contributed by atoms with Crippen LogP contribution in [-0.2, 0) is 4.79 Å². The second-order valence-corrected chi connectivity index (χ2v) is 8.08. The first kappa shape index (κ1) is 18.2. The van der Waals surface area contributed by atoms with Crippen molar-refractivity contribution in [1.29, 1.82) is 0 Å². The highest BCUT2D eigenvalue weighted by molar-refractivity contribution is 5.82. The predicted molar refractivity (Wildman–Crippen MR) is 103 cm³/mol. The molecule has 2 aliphatic heterocycles. The zero-order valence-electron chi connectivity index (χ0n) is 15.9. The minimum atomic E-state index is -0.315. The summed E-state index contributed by atoms with van der Waals surface area (Å²) in [5.41, 5.74) is 0.941. The van der Waals surface area contributed by atoms with Crippen LogP contribution in [0.25, 0.3) is 0 Å². The van der Waals surface area contributed by atoms with E-state index in [0.29, 0.717) is 5.91 Å². The van der Waals surface area contributed by atoms with Crippen molar-refractivity contribution >= 4 is 11.6 Å². The van der Waals surface area contributed by atoms with Crippen LogP contribution in [0.1, 0.15) is 13.8 Å². The molecule has 0 aromatic heterocycles. The number of rotatable bonds is 4. The zero-order chi connectivity index (χ0) is 17.9. The Labute approximate surface area is 152 Å². The third-order valence-corrected chi connectivity index (χ3v) is 5.48. The molecule has 1 aromatic carbocycles. The summed E-state index contributed by atoms with van der Waals surface area (Å²) in [4.78, 5) is 22.3. The van der Waals surface area contributed by atoms with Gasteiger partial charge in [0.1, 0.15) is 0 Å². The fraction of sp³-hybridized carbons (Fsp3) is 0.650. The van der Waals surface area contributed by atoms with Crippen molar-refractivity contribution in [3.05, 3.63) is 30.3 Å². The monoisotopic (exact) mass is 344 g/mol. The molecular formula is C20H32N4O. The minimum Gasteiger partial charge on any atom is -0.368 e. The first-order valence-corrected chi connectivity index (χ1v) is 9.46. The highest BCUT2D eigenvalue weighted by Gasteiger charge is 2.35. The minimum absolute atomic E-state index is 0.305. The molecule has 2 aliphatic rings. The number of amides is 1. The lowest BCUT2D eigenvalue weighted by atomic mass is 9.90. The van der Waals surface area contributed by atoms with Crippen molar-refractivity contribution in [1.82, 2.24) is 14.7 Å². The van der Waals surface area contributed by atoms with Gasteiger partial charge in [-0.1, -0.05) is 18.2 Å². The third-order valence-electron chi connectivity index (χ3n) is 5.48. The van der Waals surface area contributed by atoms with Crippen molar-refractivity contribution in [3.8, 4) is 0 Å². The van der Waals surface area contributed by atoms with Crippen LogP contribution in [0.15, 0.2) is 30.3 Å². The van der Waals surface area contributed by atoms with E-state index in [2.05, 4.69) is 64.8 Å². The Hall–Kier alpha value is -1.59. The molecule has 2 fully saturated rings. The number of anilines is 1. The summed E-state index contributed by atoms with van der Waals surface area (Å²) in [6.07, 6.45) is 0. The number of piperazine rings is 2. The second-order valence-electron chi connectivity index (χ2n) is 8.08. The maximum Gasteiger partial charge on any atom is 0.229 e. The van der Waals surface area contributed by atoms with Gasteiger partial charge in [0, 0.05) is 64.6 Å². The molecule has 5 heteroatoms. The number of nitrogens with zero attached hydrogens (tertiary/aromatic N) is 4. The van der Waals surface area contributed by atoms with E-state index in [1.54, 1.807) is 0 Å². The summed E-state index contributed by atoms with van der Waals surface area (Å²) >= 11 is 0. The van der Waals surface area contributed by atoms with Gasteiger partial charge in [0.25, 0.3) is 0 Å². The van der Waals surface area contributed by atoms with E-state index < -0.39 is 0 Å². The quantitative estimate of drug-likeness (QED) is 0.830. The summed E-state index contributed by atoms with van der Waals surface area (Å²) in [5.74, 6) is 0.305. The molecule has 3 rings (SSSR count). The molecule has 0 aliphatic carbocycles. The Morgan fingerprint density at radius 3 is 2.12 bits per heavy atom. The second kappa shape index (κ2) is 7.75. The summed E-state index contributed by atoms with van der Waals surface area (Å²) < 4.78 is 0.